The van der Waals surface area contributed by atoms with Crippen molar-refractivity contribution in [3.8, 4) is 5.75 Å². The van der Waals surface area contributed by atoms with E-state index in [-0.39, 0.29) is 16.4 Å². The number of anilines is 2. The van der Waals surface area contributed by atoms with Gasteiger partial charge < -0.3 is 15.4 Å². The number of hydrogen-bond acceptors (Lipinski definition) is 5. The van der Waals surface area contributed by atoms with Gasteiger partial charge in [-0.25, -0.2) is 13.1 Å². The van der Waals surface area contributed by atoms with E-state index < -0.39 is 10.0 Å². The Kier molecular flexibility index (Phi) is 6.67. The first-order chi connectivity index (χ1) is 15.9. The number of methoxy groups -OCH3 is 1. The standard InChI is InChI=1S/C25H27N3O4S/c1-26-33(30,31)24-14-20(25(29)28-21-10-9-18-6-4-7-19(18)12-21)13-22(15-24)27-16-17-5-3-8-23(11-17)32-2/h3,5,8-15,26-27H,4,6-7,16H2,1-2H3,(H,28,29). The summed E-state index contributed by atoms with van der Waals surface area (Å²) in [5, 5.41) is 6.12. The first-order valence-corrected chi connectivity index (χ1v) is 12.2. The van der Waals surface area contributed by atoms with Gasteiger partial charge in [-0.1, -0.05) is 18.2 Å². The van der Waals surface area contributed by atoms with E-state index in [9.17, 15) is 13.2 Å². The third-order valence-electron chi connectivity index (χ3n) is 5.73. The maximum absolute atomic E-state index is 13.0. The van der Waals surface area contributed by atoms with Gasteiger partial charge in [0.05, 0.1) is 12.0 Å². The summed E-state index contributed by atoms with van der Waals surface area (Å²) in [5.41, 5.74) is 5.00. The fourth-order valence-corrected chi connectivity index (χ4v) is 4.74. The number of carbonyl (C=O) groups is 1. The molecule has 0 saturated heterocycles. The molecule has 0 fully saturated rings. The average Bonchev–Trinajstić information content (AvgIpc) is 3.30. The summed E-state index contributed by atoms with van der Waals surface area (Å²) in [6, 6.07) is 18.0. The SMILES string of the molecule is CNS(=O)(=O)c1cc(NCc2cccc(OC)c2)cc(C(=O)Nc2ccc3c(c2)CCC3)c1. The third kappa shape index (κ3) is 5.35. The van der Waals surface area contributed by atoms with Crippen LogP contribution in [-0.2, 0) is 29.4 Å². The van der Waals surface area contributed by atoms with Crippen molar-refractivity contribution >= 4 is 27.3 Å². The number of hydrogen-bond donors (Lipinski definition) is 3. The molecule has 0 spiro atoms. The molecule has 1 aliphatic rings. The van der Waals surface area contributed by atoms with Crippen molar-refractivity contribution in [3.05, 3.63) is 82.9 Å². The van der Waals surface area contributed by atoms with Gasteiger partial charge in [0.15, 0.2) is 0 Å². The Hall–Kier alpha value is -3.36. The quantitative estimate of drug-likeness (QED) is 0.468. The van der Waals surface area contributed by atoms with Gasteiger partial charge >= 0.3 is 0 Å². The predicted octanol–water partition coefficient (Wildman–Crippen LogP) is 3.96. The first kappa shape index (κ1) is 22.8. The third-order valence-corrected chi connectivity index (χ3v) is 7.13. The summed E-state index contributed by atoms with van der Waals surface area (Å²) in [6.45, 7) is 0.437. The first-order valence-electron chi connectivity index (χ1n) is 10.8. The van der Waals surface area contributed by atoms with Gasteiger partial charge in [0, 0.05) is 23.5 Å². The predicted molar refractivity (Wildman–Crippen MR) is 129 cm³/mol. The molecule has 172 valence electrons. The van der Waals surface area contributed by atoms with Gasteiger partial charge in [-0.2, -0.15) is 0 Å². The number of rotatable bonds is 8. The lowest BCUT2D eigenvalue weighted by molar-refractivity contribution is 0.102. The van der Waals surface area contributed by atoms with Crippen LogP contribution in [0.25, 0.3) is 0 Å². The number of benzene rings is 3. The number of amides is 1. The van der Waals surface area contributed by atoms with Crippen LogP contribution in [0.2, 0.25) is 0 Å². The molecule has 1 aliphatic carbocycles. The van der Waals surface area contributed by atoms with E-state index in [0.717, 1.165) is 30.6 Å². The molecule has 0 unspecified atom stereocenters. The number of ether oxygens (including phenoxy) is 1. The summed E-state index contributed by atoms with van der Waals surface area (Å²) in [7, 11) is -0.796. The lowest BCUT2D eigenvalue weighted by Gasteiger charge is -2.13. The molecule has 3 N–H and O–H groups in total. The monoisotopic (exact) mass is 465 g/mol. The normalized spacial score (nSPS) is 12.8. The molecule has 0 bridgehead atoms. The van der Waals surface area contributed by atoms with E-state index in [0.29, 0.717) is 17.9 Å². The number of fused-ring (bicyclic) bond motifs is 1. The van der Waals surface area contributed by atoms with E-state index in [2.05, 4.69) is 15.4 Å². The molecule has 4 rings (SSSR count). The number of sulfonamides is 1. The fraction of sp³-hybridized carbons (Fsp3) is 0.240. The molecule has 0 aliphatic heterocycles. The molecule has 3 aromatic rings. The summed E-state index contributed by atoms with van der Waals surface area (Å²) in [5.74, 6) is 0.362. The van der Waals surface area contributed by atoms with E-state index in [4.69, 9.17) is 4.74 Å². The van der Waals surface area contributed by atoms with Crippen LogP contribution in [0.1, 0.15) is 33.5 Å². The number of aryl methyl sites for hydroxylation is 2. The van der Waals surface area contributed by atoms with Crippen LogP contribution in [0, 0.1) is 0 Å². The van der Waals surface area contributed by atoms with Crippen molar-refractivity contribution in [2.75, 3.05) is 24.8 Å². The molecular weight excluding hydrogens is 438 g/mol. The molecule has 0 heterocycles. The lowest BCUT2D eigenvalue weighted by Crippen LogP contribution is -2.20. The van der Waals surface area contributed by atoms with Crippen LogP contribution in [0.3, 0.4) is 0 Å². The highest BCUT2D eigenvalue weighted by Gasteiger charge is 2.18. The summed E-state index contributed by atoms with van der Waals surface area (Å²) >= 11 is 0. The molecule has 33 heavy (non-hydrogen) atoms. The van der Waals surface area contributed by atoms with Crippen LogP contribution < -0.4 is 20.1 Å². The van der Waals surface area contributed by atoms with E-state index in [1.54, 1.807) is 13.2 Å². The van der Waals surface area contributed by atoms with Gasteiger partial charge in [-0.05, 0) is 85.5 Å². The second-order valence-electron chi connectivity index (χ2n) is 7.95. The van der Waals surface area contributed by atoms with Crippen LogP contribution in [0.5, 0.6) is 5.75 Å². The zero-order valence-electron chi connectivity index (χ0n) is 18.6. The summed E-state index contributed by atoms with van der Waals surface area (Å²) < 4.78 is 32.5. The highest BCUT2D eigenvalue weighted by atomic mass is 32.2. The molecule has 7 nitrogen and oxygen atoms in total. The Morgan fingerprint density at radius 2 is 1.79 bits per heavy atom. The maximum Gasteiger partial charge on any atom is 0.255 e. The van der Waals surface area contributed by atoms with Crippen molar-refractivity contribution in [1.29, 1.82) is 0 Å². The lowest BCUT2D eigenvalue weighted by atomic mass is 10.1. The fourth-order valence-electron chi connectivity index (χ4n) is 3.94. The van der Waals surface area contributed by atoms with Crippen molar-refractivity contribution < 1.29 is 17.9 Å². The number of carbonyl (C=O) groups excluding carboxylic acids is 1. The summed E-state index contributed by atoms with van der Waals surface area (Å²) in [4.78, 5) is 13.0. The maximum atomic E-state index is 13.0. The topological polar surface area (TPSA) is 96.5 Å². The molecule has 1 amide bonds. The van der Waals surface area contributed by atoms with E-state index >= 15 is 0 Å². The molecule has 0 radical (unpaired) electrons. The van der Waals surface area contributed by atoms with Crippen molar-refractivity contribution in [1.82, 2.24) is 4.72 Å². The van der Waals surface area contributed by atoms with Crippen LogP contribution in [0.15, 0.2) is 65.6 Å². The van der Waals surface area contributed by atoms with E-state index in [1.807, 2.05) is 42.5 Å². The Labute approximate surface area is 194 Å². The zero-order chi connectivity index (χ0) is 23.4. The zero-order valence-corrected chi connectivity index (χ0v) is 19.5. The van der Waals surface area contributed by atoms with Gasteiger partial charge in [0.1, 0.15) is 5.75 Å². The minimum absolute atomic E-state index is 0.0137. The Morgan fingerprint density at radius 1 is 0.970 bits per heavy atom. The molecule has 0 saturated carbocycles. The molecule has 8 heteroatoms. The van der Waals surface area contributed by atoms with Gasteiger partial charge in [-0.15, -0.1) is 0 Å². The molecule has 0 aromatic heterocycles. The van der Waals surface area contributed by atoms with Crippen molar-refractivity contribution in [3.63, 3.8) is 0 Å². The van der Waals surface area contributed by atoms with Gasteiger partial charge in [-0.3, -0.25) is 4.79 Å². The minimum atomic E-state index is -3.74. The second kappa shape index (κ2) is 9.64. The van der Waals surface area contributed by atoms with Crippen LogP contribution >= 0.6 is 0 Å². The molecular formula is C25H27N3O4S. The number of nitrogens with one attached hydrogen (secondary N) is 3. The summed E-state index contributed by atoms with van der Waals surface area (Å²) in [6.07, 6.45) is 3.20. The van der Waals surface area contributed by atoms with Crippen molar-refractivity contribution in [2.45, 2.75) is 30.7 Å². The smallest absolute Gasteiger partial charge is 0.255 e. The Bertz CT molecular complexity index is 1290. The largest absolute Gasteiger partial charge is 0.497 e. The van der Waals surface area contributed by atoms with Gasteiger partial charge in [0.2, 0.25) is 10.0 Å². The van der Waals surface area contributed by atoms with Gasteiger partial charge in [0.25, 0.3) is 5.91 Å². The van der Waals surface area contributed by atoms with Crippen molar-refractivity contribution in [2.24, 2.45) is 0 Å². The molecule has 3 aromatic carbocycles. The van der Waals surface area contributed by atoms with E-state index in [1.165, 1.54) is 30.3 Å². The van der Waals surface area contributed by atoms with Crippen LogP contribution in [-0.4, -0.2) is 28.5 Å². The Balaban J connectivity index is 1.59. The average molecular weight is 466 g/mol. The molecule has 0 atom stereocenters. The Morgan fingerprint density at radius 3 is 2.58 bits per heavy atom. The second-order valence-corrected chi connectivity index (χ2v) is 9.84. The highest BCUT2D eigenvalue weighted by Crippen LogP contribution is 2.26. The minimum Gasteiger partial charge on any atom is -0.497 e. The van der Waals surface area contributed by atoms with Crippen LogP contribution in [0.4, 0.5) is 11.4 Å². The highest BCUT2D eigenvalue weighted by molar-refractivity contribution is 7.89.